The number of carbonyl (C=O) groups is 3. The third-order valence-corrected chi connectivity index (χ3v) is 8.10. The second kappa shape index (κ2) is 9.72. The average Bonchev–Trinajstić information content (AvgIpc) is 2.80. The van der Waals surface area contributed by atoms with Crippen molar-refractivity contribution >= 4 is 23.2 Å². The van der Waals surface area contributed by atoms with Crippen LogP contribution in [-0.2, 0) is 27.3 Å². The summed E-state index contributed by atoms with van der Waals surface area (Å²) in [6.07, 6.45) is 0.654. The van der Waals surface area contributed by atoms with E-state index >= 15 is 4.39 Å². The van der Waals surface area contributed by atoms with E-state index in [1.807, 2.05) is 0 Å². The van der Waals surface area contributed by atoms with Crippen LogP contribution >= 0.6 is 0 Å². The first kappa shape index (κ1) is 28.7. The Bertz CT molecular complexity index is 1330. The van der Waals surface area contributed by atoms with Crippen LogP contribution in [0.25, 0.3) is 5.76 Å². The van der Waals surface area contributed by atoms with Crippen LogP contribution in [0.5, 0.6) is 5.75 Å². The van der Waals surface area contributed by atoms with E-state index in [2.05, 4.69) is 26.1 Å². The molecule has 0 aromatic heterocycles. The van der Waals surface area contributed by atoms with Gasteiger partial charge in [-0.3, -0.25) is 19.3 Å². The van der Waals surface area contributed by atoms with E-state index in [0.29, 0.717) is 6.54 Å². The summed E-state index contributed by atoms with van der Waals surface area (Å²) < 4.78 is 15.7. The molecule has 212 valence electrons. The van der Waals surface area contributed by atoms with Gasteiger partial charge in [0.1, 0.15) is 28.7 Å². The van der Waals surface area contributed by atoms with Crippen molar-refractivity contribution in [1.29, 1.82) is 0 Å². The highest BCUT2D eigenvalue weighted by molar-refractivity contribution is 6.24. The number of hydrogen-bond acceptors (Lipinski definition) is 9. The number of ketones is 2. The van der Waals surface area contributed by atoms with Crippen molar-refractivity contribution in [2.45, 2.75) is 58.2 Å². The predicted octanol–water partition coefficient (Wildman–Crippen LogP) is 1.63. The van der Waals surface area contributed by atoms with Crippen molar-refractivity contribution in [2.24, 2.45) is 23.0 Å². The van der Waals surface area contributed by atoms with Gasteiger partial charge in [0.25, 0.3) is 5.91 Å². The molecule has 4 atom stereocenters. The molecule has 1 aromatic rings. The number of phenolic OH excluding ortho intramolecular Hbond substituents is 1. The van der Waals surface area contributed by atoms with E-state index in [1.54, 1.807) is 0 Å². The maximum Gasteiger partial charge on any atom is 0.255 e. The van der Waals surface area contributed by atoms with Crippen LogP contribution in [0, 0.1) is 23.1 Å². The number of rotatable bonds is 6. The zero-order valence-electron chi connectivity index (χ0n) is 22.8. The normalized spacial score (nSPS) is 27.0. The predicted molar refractivity (Wildman–Crippen MR) is 140 cm³/mol. The van der Waals surface area contributed by atoms with Crippen LogP contribution in [0.3, 0.4) is 0 Å². The fourth-order valence-corrected chi connectivity index (χ4v) is 6.16. The molecule has 1 aromatic carbocycles. The van der Waals surface area contributed by atoms with Gasteiger partial charge in [-0.25, -0.2) is 4.39 Å². The van der Waals surface area contributed by atoms with Crippen molar-refractivity contribution in [2.75, 3.05) is 20.6 Å². The molecule has 3 aliphatic carbocycles. The number of aliphatic hydroxyl groups is 3. The SMILES string of the molecule is CN(C)[C@@H]1C(=O)C(C(N)=O)=C(O)[C@@]2(O)C(=O)C3=C(O)c4c(O)cc(CNCCC(C)(C)C)c(F)c4C[C@H]3C[C@@H]12. The van der Waals surface area contributed by atoms with Crippen LogP contribution in [0.15, 0.2) is 23.0 Å². The Morgan fingerprint density at radius 1 is 1.23 bits per heavy atom. The number of nitrogens with two attached hydrogens (primary N) is 1. The number of nitrogens with zero attached hydrogens (tertiary/aromatic N) is 1. The van der Waals surface area contributed by atoms with E-state index < -0.39 is 69.6 Å². The van der Waals surface area contributed by atoms with Crippen LogP contribution in [0.4, 0.5) is 4.39 Å². The van der Waals surface area contributed by atoms with E-state index in [0.717, 1.165) is 6.42 Å². The Labute approximate surface area is 226 Å². The quantitative estimate of drug-likeness (QED) is 0.229. The highest BCUT2D eigenvalue weighted by atomic mass is 19.1. The molecule has 0 bridgehead atoms. The van der Waals surface area contributed by atoms with Crippen LogP contribution in [0.1, 0.15) is 50.3 Å². The Hall–Kier alpha value is -3.28. The summed E-state index contributed by atoms with van der Waals surface area (Å²) in [5, 5.41) is 47.5. The van der Waals surface area contributed by atoms with Crippen LogP contribution in [-0.4, -0.2) is 75.1 Å². The summed E-state index contributed by atoms with van der Waals surface area (Å²) in [6.45, 7) is 7.02. The summed E-state index contributed by atoms with van der Waals surface area (Å²) in [5.41, 5.74) is 1.43. The minimum absolute atomic E-state index is 0.0215. The van der Waals surface area contributed by atoms with Gasteiger partial charge in [0.2, 0.25) is 5.78 Å². The lowest BCUT2D eigenvalue weighted by Crippen LogP contribution is -2.65. The molecule has 7 N–H and O–H groups in total. The largest absolute Gasteiger partial charge is 0.508 e. The van der Waals surface area contributed by atoms with Gasteiger partial charge in [0, 0.05) is 29.2 Å². The van der Waals surface area contributed by atoms with E-state index in [4.69, 9.17) is 5.73 Å². The van der Waals surface area contributed by atoms with Gasteiger partial charge in [0.05, 0.1) is 11.6 Å². The van der Waals surface area contributed by atoms with Crippen LogP contribution < -0.4 is 11.1 Å². The summed E-state index contributed by atoms with van der Waals surface area (Å²) in [4.78, 5) is 40.4. The molecule has 0 saturated heterocycles. The van der Waals surface area contributed by atoms with Gasteiger partial charge in [-0.05, 0) is 57.3 Å². The second-order valence-electron chi connectivity index (χ2n) is 12.2. The maximum absolute atomic E-state index is 15.7. The highest BCUT2D eigenvalue weighted by Crippen LogP contribution is 2.53. The van der Waals surface area contributed by atoms with Crippen molar-refractivity contribution in [3.63, 3.8) is 0 Å². The third-order valence-electron chi connectivity index (χ3n) is 8.10. The molecule has 0 heterocycles. The second-order valence-corrected chi connectivity index (χ2v) is 12.2. The Morgan fingerprint density at radius 2 is 1.87 bits per heavy atom. The number of phenols is 1. The number of Topliss-reactive ketones (excluding diaryl/α,β-unsaturated/α-hetero) is 2. The number of primary amides is 1. The van der Waals surface area contributed by atoms with Crippen LogP contribution in [0.2, 0.25) is 0 Å². The lowest BCUT2D eigenvalue weighted by molar-refractivity contribution is -0.153. The maximum atomic E-state index is 15.7. The summed E-state index contributed by atoms with van der Waals surface area (Å²) in [6, 6.07) is -0.0107. The van der Waals surface area contributed by atoms with Crippen molar-refractivity contribution in [3.05, 3.63) is 45.5 Å². The molecule has 1 amide bonds. The minimum atomic E-state index is -2.73. The molecule has 1 fully saturated rings. The molecule has 0 unspecified atom stereocenters. The summed E-state index contributed by atoms with van der Waals surface area (Å²) >= 11 is 0. The number of hydrogen-bond donors (Lipinski definition) is 6. The molecule has 4 rings (SSSR count). The molecule has 11 heteroatoms. The van der Waals surface area contributed by atoms with Crippen molar-refractivity contribution in [3.8, 4) is 5.75 Å². The van der Waals surface area contributed by atoms with E-state index in [-0.39, 0.29) is 47.1 Å². The molecule has 0 aliphatic heterocycles. The van der Waals surface area contributed by atoms with Gasteiger partial charge >= 0.3 is 0 Å². The number of halogens is 1. The number of benzene rings is 1. The molecule has 39 heavy (non-hydrogen) atoms. The zero-order valence-corrected chi connectivity index (χ0v) is 22.8. The van der Waals surface area contributed by atoms with Gasteiger partial charge in [-0.1, -0.05) is 20.8 Å². The topological polar surface area (TPSA) is 173 Å². The minimum Gasteiger partial charge on any atom is -0.508 e. The lowest BCUT2D eigenvalue weighted by Gasteiger charge is -2.50. The van der Waals surface area contributed by atoms with E-state index in [1.165, 1.54) is 25.1 Å². The number of nitrogens with one attached hydrogen (secondary N) is 1. The van der Waals surface area contributed by atoms with Crippen molar-refractivity contribution in [1.82, 2.24) is 10.2 Å². The summed E-state index contributed by atoms with van der Waals surface area (Å²) in [7, 11) is 3.04. The average molecular weight is 546 g/mol. The van der Waals surface area contributed by atoms with Gasteiger partial charge < -0.3 is 31.5 Å². The molecular weight excluding hydrogens is 509 g/mol. The highest BCUT2D eigenvalue weighted by Gasteiger charge is 2.64. The monoisotopic (exact) mass is 545 g/mol. The molecule has 3 aliphatic rings. The van der Waals surface area contributed by atoms with Gasteiger partial charge in [-0.2, -0.15) is 0 Å². The van der Waals surface area contributed by atoms with Gasteiger partial charge in [-0.15, -0.1) is 0 Å². The number of likely N-dealkylation sites (N-methyl/N-ethyl adjacent to an activating group) is 1. The standard InChI is InChI=1S/C28H36FN3O7/c1-27(2,3)6-7-31-11-13-10-16(33)18-14(20(13)29)8-12-9-15-21(32(4)5)23(35)19(26(30)38)25(37)28(15,39)24(36)17(12)22(18)34/h10,12,15,21,31,33-34,37,39H,6-9,11H2,1-5H3,(H2,30,38)/t12-,15-,21-,28-/m0/s1. The lowest BCUT2D eigenvalue weighted by atomic mass is 9.57. The fraction of sp³-hybridized carbons (Fsp3) is 0.536. The Kier molecular flexibility index (Phi) is 7.16. The molecule has 0 radical (unpaired) electrons. The number of amides is 1. The fourth-order valence-electron chi connectivity index (χ4n) is 6.16. The molecule has 0 spiro atoms. The number of fused-ring (bicyclic) bond motifs is 3. The smallest absolute Gasteiger partial charge is 0.255 e. The van der Waals surface area contributed by atoms with Crippen molar-refractivity contribution < 1.29 is 39.2 Å². The van der Waals surface area contributed by atoms with Gasteiger partial charge in [0.15, 0.2) is 11.4 Å². The number of aromatic hydroxyl groups is 1. The molecule has 1 saturated carbocycles. The Morgan fingerprint density at radius 3 is 2.44 bits per heavy atom. The first-order valence-electron chi connectivity index (χ1n) is 12.9. The zero-order chi connectivity index (χ0) is 29.2. The first-order chi connectivity index (χ1) is 18.0. The Balaban J connectivity index is 1.80. The number of carbonyl (C=O) groups excluding carboxylic acids is 3. The molecular formula is C28H36FN3O7. The van der Waals surface area contributed by atoms with E-state index in [9.17, 15) is 34.8 Å². The third kappa shape index (κ3) is 4.52. The summed E-state index contributed by atoms with van der Waals surface area (Å²) in [5.74, 6) is -8.26. The first-order valence-corrected chi connectivity index (χ1v) is 12.9. The number of aliphatic hydroxyl groups excluding tert-OH is 2. The molecule has 10 nitrogen and oxygen atoms in total.